The van der Waals surface area contributed by atoms with E-state index in [0.717, 1.165) is 9.87 Å². The zero-order chi connectivity index (χ0) is 23.3. The quantitative estimate of drug-likeness (QED) is 0.519. The molecule has 0 unspecified atom stereocenters. The van der Waals surface area contributed by atoms with Crippen molar-refractivity contribution in [2.24, 2.45) is 0 Å². The average molecular weight is 475 g/mol. The van der Waals surface area contributed by atoms with Crippen molar-refractivity contribution in [3.8, 4) is 11.5 Å². The lowest BCUT2D eigenvalue weighted by Gasteiger charge is -2.25. The van der Waals surface area contributed by atoms with Gasteiger partial charge in [-0.15, -0.1) is 0 Å². The van der Waals surface area contributed by atoms with E-state index in [4.69, 9.17) is 21.1 Å². The third-order valence-corrected chi connectivity index (χ3v) is 6.69. The summed E-state index contributed by atoms with van der Waals surface area (Å²) in [6.45, 7) is 1.32. The van der Waals surface area contributed by atoms with Gasteiger partial charge in [0.2, 0.25) is 5.91 Å². The molecule has 0 aliphatic rings. The number of carbonyl (C=O) groups excluding carboxylic acids is 1. The van der Waals surface area contributed by atoms with Gasteiger partial charge in [-0.25, -0.2) is 8.42 Å². The minimum absolute atomic E-state index is 0.0378. The Kier molecular flexibility index (Phi) is 7.27. The summed E-state index contributed by atoms with van der Waals surface area (Å²) in [5.41, 5.74) is 1.51. The predicted molar refractivity (Wildman–Crippen MR) is 125 cm³/mol. The van der Waals surface area contributed by atoms with Crippen LogP contribution in [0.1, 0.15) is 5.56 Å². The average Bonchev–Trinajstić information content (AvgIpc) is 2.78. The van der Waals surface area contributed by atoms with Gasteiger partial charge in [0.15, 0.2) is 0 Å². The summed E-state index contributed by atoms with van der Waals surface area (Å²) in [5.74, 6) is 0.223. The Morgan fingerprint density at radius 1 is 1.00 bits per heavy atom. The Hall–Kier alpha value is -3.23. The molecule has 0 radical (unpaired) electrons. The molecule has 0 spiro atoms. The van der Waals surface area contributed by atoms with Gasteiger partial charge in [-0.2, -0.15) is 0 Å². The number of rotatable bonds is 8. The van der Waals surface area contributed by atoms with E-state index in [-0.39, 0.29) is 10.6 Å². The molecule has 168 valence electrons. The molecule has 9 heteroatoms. The summed E-state index contributed by atoms with van der Waals surface area (Å²) in [4.78, 5) is 12.8. The Bertz CT molecular complexity index is 1210. The Morgan fingerprint density at radius 2 is 1.72 bits per heavy atom. The van der Waals surface area contributed by atoms with Crippen LogP contribution < -0.4 is 19.1 Å². The smallest absolute Gasteiger partial charge is 0.268 e. The molecular formula is C23H23ClN2O5S. The zero-order valence-electron chi connectivity index (χ0n) is 17.8. The standard InChI is InChI=1S/C23H23ClN2O5S/c1-16-7-12-21(31-3)22(13-16)32(28,29)26(19-10-8-17(24)9-11-19)15-23(27)25-18-5-4-6-20(14-18)30-2/h4-14H,15H2,1-3H3,(H,25,27). The van der Waals surface area contributed by atoms with Gasteiger partial charge in [0.1, 0.15) is 22.9 Å². The van der Waals surface area contributed by atoms with E-state index in [9.17, 15) is 13.2 Å². The number of hydrogen-bond acceptors (Lipinski definition) is 5. The summed E-state index contributed by atoms with van der Waals surface area (Å²) in [7, 11) is -1.24. The van der Waals surface area contributed by atoms with Crippen molar-refractivity contribution in [1.29, 1.82) is 0 Å². The zero-order valence-corrected chi connectivity index (χ0v) is 19.4. The Morgan fingerprint density at radius 3 is 2.38 bits per heavy atom. The van der Waals surface area contributed by atoms with Crippen LogP contribution >= 0.6 is 11.6 Å². The lowest BCUT2D eigenvalue weighted by molar-refractivity contribution is -0.114. The van der Waals surface area contributed by atoms with Crippen LogP contribution in [-0.2, 0) is 14.8 Å². The van der Waals surface area contributed by atoms with Crippen LogP contribution in [0.15, 0.2) is 71.6 Å². The van der Waals surface area contributed by atoms with Gasteiger partial charge in [-0.05, 0) is 61.0 Å². The highest BCUT2D eigenvalue weighted by Crippen LogP contribution is 2.31. The first kappa shape index (κ1) is 23.4. The van der Waals surface area contributed by atoms with Gasteiger partial charge in [0.05, 0.1) is 19.9 Å². The maximum absolute atomic E-state index is 13.7. The number of ether oxygens (including phenoxy) is 2. The number of nitrogens with zero attached hydrogens (tertiary/aromatic N) is 1. The molecular weight excluding hydrogens is 452 g/mol. The van der Waals surface area contributed by atoms with Crippen molar-refractivity contribution in [3.05, 3.63) is 77.3 Å². The van der Waals surface area contributed by atoms with E-state index in [1.165, 1.54) is 20.3 Å². The number of halogens is 1. The maximum atomic E-state index is 13.7. The molecule has 0 saturated heterocycles. The first-order valence-corrected chi connectivity index (χ1v) is 11.4. The molecule has 0 aliphatic carbocycles. The van der Waals surface area contributed by atoms with E-state index in [0.29, 0.717) is 22.1 Å². The van der Waals surface area contributed by atoms with Crippen LogP contribution in [0.5, 0.6) is 11.5 Å². The highest BCUT2D eigenvalue weighted by Gasteiger charge is 2.30. The van der Waals surface area contributed by atoms with Gasteiger partial charge >= 0.3 is 0 Å². The fourth-order valence-corrected chi connectivity index (χ4v) is 4.85. The van der Waals surface area contributed by atoms with Crippen molar-refractivity contribution in [2.75, 3.05) is 30.4 Å². The molecule has 0 atom stereocenters. The molecule has 3 aromatic rings. The monoisotopic (exact) mass is 474 g/mol. The summed E-state index contributed by atoms with van der Waals surface area (Å²) in [6, 6.07) is 17.8. The van der Waals surface area contributed by atoms with E-state index < -0.39 is 22.5 Å². The number of nitrogens with one attached hydrogen (secondary N) is 1. The number of hydrogen-bond donors (Lipinski definition) is 1. The van der Waals surface area contributed by atoms with Crippen LogP contribution in [-0.4, -0.2) is 35.1 Å². The number of benzene rings is 3. The third kappa shape index (κ3) is 5.33. The van der Waals surface area contributed by atoms with Crippen LogP contribution in [0.25, 0.3) is 0 Å². The molecule has 0 aromatic heterocycles. The van der Waals surface area contributed by atoms with Crippen molar-refractivity contribution in [2.45, 2.75) is 11.8 Å². The number of anilines is 2. The second kappa shape index (κ2) is 9.93. The number of amides is 1. The summed E-state index contributed by atoms with van der Waals surface area (Å²) >= 11 is 5.98. The molecule has 3 rings (SSSR count). The van der Waals surface area contributed by atoms with Crippen LogP contribution in [0.4, 0.5) is 11.4 Å². The molecule has 0 aliphatic heterocycles. The lowest BCUT2D eigenvalue weighted by Crippen LogP contribution is -2.38. The van der Waals surface area contributed by atoms with E-state index in [2.05, 4.69) is 5.32 Å². The van der Waals surface area contributed by atoms with Gasteiger partial charge in [0, 0.05) is 16.8 Å². The summed E-state index contributed by atoms with van der Waals surface area (Å²) < 4.78 is 38.8. The molecule has 0 fully saturated rings. The fourth-order valence-electron chi connectivity index (χ4n) is 3.06. The molecule has 1 N–H and O–H groups in total. The number of aryl methyl sites for hydroxylation is 1. The maximum Gasteiger partial charge on any atom is 0.268 e. The minimum atomic E-state index is -4.15. The number of carbonyl (C=O) groups is 1. The highest BCUT2D eigenvalue weighted by molar-refractivity contribution is 7.93. The van der Waals surface area contributed by atoms with Crippen LogP contribution in [0, 0.1) is 6.92 Å². The van der Waals surface area contributed by atoms with Crippen molar-refractivity contribution in [3.63, 3.8) is 0 Å². The normalized spacial score (nSPS) is 11.0. The molecule has 7 nitrogen and oxygen atoms in total. The lowest BCUT2D eigenvalue weighted by atomic mass is 10.2. The van der Waals surface area contributed by atoms with Gasteiger partial charge in [0.25, 0.3) is 10.0 Å². The first-order valence-electron chi connectivity index (χ1n) is 9.61. The molecule has 0 saturated carbocycles. The number of methoxy groups -OCH3 is 2. The second-order valence-electron chi connectivity index (χ2n) is 6.92. The van der Waals surface area contributed by atoms with Crippen LogP contribution in [0.2, 0.25) is 5.02 Å². The summed E-state index contributed by atoms with van der Waals surface area (Å²) in [5, 5.41) is 3.15. The largest absolute Gasteiger partial charge is 0.497 e. The SMILES string of the molecule is COc1cccc(NC(=O)CN(c2ccc(Cl)cc2)S(=O)(=O)c2cc(C)ccc2OC)c1. The first-order chi connectivity index (χ1) is 15.2. The Labute approximate surface area is 192 Å². The van der Waals surface area contributed by atoms with Gasteiger partial charge < -0.3 is 14.8 Å². The molecule has 32 heavy (non-hydrogen) atoms. The van der Waals surface area contributed by atoms with Crippen molar-refractivity contribution >= 4 is 38.9 Å². The number of sulfonamides is 1. The fraction of sp³-hybridized carbons (Fsp3) is 0.174. The second-order valence-corrected chi connectivity index (χ2v) is 9.19. The van der Waals surface area contributed by atoms with E-state index in [1.54, 1.807) is 67.6 Å². The molecule has 3 aromatic carbocycles. The molecule has 0 heterocycles. The van der Waals surface area contributed by atoms with Crippen molar-refractivity contribution in [1.82, 2.24) is 0 Å². The highest BCUT2D eigenvalue weighted by atomic mass is 35.5. The van der Waals surface area contributed by atoms with Gasteiger partial charge in [-0.3, -0.25) is 9.10 Å². The van der Waals surface area contributed by atoms with Crippen LogP contribution in [0.3, 0.4) is 0 Å². The predicted octanol–water partition coefficient (Wildman–Crippen LogP) is 4.50. The van der Waals surface area contributed by atoms with Crippen molar-refractivity contribution < 1.29 is 22.7 Å². The molecule has 1 amide bonds. The third-order valence-electron chi connectivity index (χ3n) is 4.64. The van der Waals surface area contributed by atoms with Gasteiger partial charge in [-0.1, -0.05) is 23.7 Å². The molecule has 0 bridgehead atoms. The van der Waals surface area contributed by atoms with E-state index in [1.807, 2.05) is 0 Å². The topological polar surface area (TPSA) is 84.9 Å². The van der Waals surface area contributed by atoms with E-state index >= 15 is 0 Å². The Balaban J connectivity index is 2.00. The minimum Gasteiger partial charge on any atom is -0.497 e. The summed E-state index contributed by atoms with van der Waals surface area (Å²) in [6.07, 6.45) is 0.